The molecule has 5 heteroatoms. The number of thiazole rings is 1. The Hall–Kier alpha value is -2.14. The first kappa shape index (κ1) is 10.0. The van der Waals surface area contributed by atoms with E-state index in [2.05, 4.69) is 21.4 Å². The molecule has 84 valence electrons. The summed E-state index contributed by atoms with van der Waals surface area (Å²) in [6, 6.07) is 11.7. The van der Waals surface area contributed by atoms with Gasteiger partial charge in [0.15, 0.2) is 5.13 Å². The Labute approximate surface area is 102 Å². The minimum atomic E-state index is 0.496. The number of anilines is 3. The second kappa shape index (κ2) is 4.03. The molecule has 0 amide bonds. The first-order valence-electron chi connectivity index (χ1n) is 5.15. The number of para-hydroxylation sites is 1. The first-order chi connectivity index (χ1) is 8.31. The van der Waals surface area contributed by atoms with E-state index in [1.165, 1.54) is 0 Å². The number of aromatic nitrogens is 2. The van der Waals surface area contributed by atoms with Gasteiger partial charge in [0.2, 0.25) is 0 Å². The van der Waals surface area contributed by atoms with Crippen molar-refractivity contribution in [3.8, 4) is 0 Å². The number of benzene rings is 1. The van der Waals surface area contributed by atoms with E-state index in [0.29, 0.717) is 5.82 Å². The average molecular weight is 242 g/mol. The number of nitrogens with one attached hydrogen (secondary N) is 1. The van der Waals surface area contributed by atoms with Gasteiger partial charge in [0, 0.05) is 18.0 Å². The molecular formula is C12H10N4S. The SMILES string of the molecule is Nc1cc(Nc2nc3ccccc3s2)ccn1. The molecular weight excluding hydrogens is 232 g/mol. The number of nitrogen functional groups attached to an aromatic ring is 1. The Morgan fingerprint density at radius 3 is 2.88 bits per heavy atom. The zero-order chi connectivity index (χ0) is 11.7. The van der Waals surface area contributed by atoms with Gasteiger partial charge in [0.1, 0.15) is 5.82 Å². The molecule has 17 heavy (non-hydrogen) atoms. The van der Waals surface area contributed by atoms with Gasteiger partial charge in [-0.25, -0.2) is 9.97 Å². The Morgan fingerprint density at radius 2 is 2.06 bits per heavy atom. The molecule has 0 saturated carbocycles. The smallest absolute Gasteiger partial charge is 0.188 e. The molecule has 0 aliphatic heterocycles. The molecule has 0 spiro atoms. The van der Waals surface area contributed by atoms with Crippen LogP contribution in [-0.4, -0.2) is 9.97 Å². The van der Waals surface area contributed by atoms with Gasteiger partial charge in [-0.05, 0) is 18.2 Å². The zero-order valence-corrected chi connectivity index (χ0v) is 9.74. The van der Waals surface area contributed by atoms with E-state index in [1.54, 1.807) is 23.6 Å². The monoisotopic (exact) mass is 242 g/mol. The highest BCUT2D eigenvalue weighted by Crippen LogP contribution is 2.28. The van der Waals surface area contributed by atoms with Crippen LogP contribution < -0.4 is 11.1 Å². The highest BCUT2D eigenvalue weighted by Gasteiger charge is 2.03. The molecule has 0 atom stereocenters. The number of rotatable bonds is 2. The van der Waals surface area contributed by atoms with Crippen LogP contribution in [0.2, 0.25) is 0 Å². The van der Waals surface area contributed by atoms with Gasteiger partial charge >= 0.3 is 0 Å². The van der Waals surface area contributed by atoms with Gasteiger partial charge in [-0.15, -0.1) is 0 Å². The molecule has 0 radical (unpaired) electrons. The topological polar surface area (TPSA) is 63.8 Å². The van der Waals surface area contributed by atoms with Crippen LogP contribution in [-0.2, 0) is 0 Å². The quantitative estimate of drug-likeness (QED) is 0.725. The van der Waals surface area contributed by atoms with Crippen LogP contribution in [0.4, 0.5) is 16.6 Å². The van der Waals surface area contributed by atoms with Gasteiger partial charge in [0.05, 0.1) is 10.2 Å². The number of nitrogens with zero attached hydrogens (tertiary/aromatic N) is 2. The number of fused-ring (bicyclic) bond motifs is 1. The second-order valence-corrected chi connectivity index (χ2v) is 4.61. The lowest BCUT2D eigenvalue weighted by molar-refractivity contribution is 1.33. The van der Waals surface area contributed by atoms with Crippen molar-refractivity contribution in [3.63, 3.8) is 0 Å². The van der Waals surface area contributed by atoms with Crippen molar-refractivity contribution in [2.45, 2.75) is 0 Å². The van der Waals surface area contributed by atoms with E-state index in [-0.39, 0.29) is 0 Å². The average Bonchev–Trinajstić information content (AvgIpc) is 2.71. The molecule has 3 N–H and O–H groups in total. The Balaban J connectivity index is 1.94. The van der Waals surface area contributed by atoms with Crippen LogP contribution in [0.1, 0.15) is 0 Å². The van der Waals surface area contributed by atoms with Crippen LogP contribution in [0.5, 0.6) is 0 Å². The van der Waals surface area contributed by atoms with Gasteiger partial charge in [0.25, 0.3) is 0 Å². The van der Waals surface area contributed by atoms with Crippen molar-refractivity contribution < 1.29 is 0 Å². The summed E-state index contributed by atoms with van der Waals surface area (Å²) in [6.45, 7) is 0. The molecule has 4 nitrogen and oxygen atoms in total. The lowest BCUT2D eigenvalue weighted by Gasteiger charge is -2.01. The summed E-state index contributed by atoms with van der Waals surface area (Å²) in [6.07, 6.45) is 1.67. The fourth-order valence-electron chi connectivity index (χ4n) is 1.58. The van der Waals surface area contributed by atoms with Crippen molar-refractivity contribution in [1.82, 2.24) is 9.97 Å². The number of hydrogen-bond donors (Lipinski definition) is 2. The van der Waals surface area contributed by atoms with Crippen molar-refractivity contribution in [3.05, 3.63) is 42.6 Å². The summed E-state index contributed by atoms with van der Waals surface area (Å²) in [5.74, 6) is 0.496. The Kier molecular flexibility index (Phi) is 2.38. The fraction of sp³-hybridized carbons (Fsp3) is 0. The van der Waals surface area contributed by atoms with E-state index in [9.17, 15) is 0 Å². The normalized spacial score (nSPS) is 10.6. The fourth-order valence-corrected chi connectivity index (χ4v) is 2.46. The third-order valence-electron chi connectivity index (χ3n) is 2.33. The lowest BCUT2D eigenvalue weighted by Crippen LogP contribution is -1.93. The van der Waals surface area contributed by atoms with Crippen molar-refractivity contribution in [2.24, 2.45) is 0 Å². The van der Waals surface area contributed by atoms with E-state index >= 15 is 0 Å². The maximum Gasteiger partial charge on any atom is 0.188 e. The summed E-state index contributed by atoms with van der Waals surface area (Å²) >= 11 is 1.61. The maximum atomic E-state index is 5.62. The summed E-state index contributed by atoms with van der Waals surface area (Å²) in [5.41, 5.74) is 7.52. The summed E-state index contributed by atoms with van der Waals surface area (Å²) < 4.78 is 1.16. The van der Waals surface area contributed by atoms with Crippen LogP contribution in [0.3, 0.4) is 0 Å². The third-order valence-corrected chi connectivity index (χ3v) is 3.28. The minimum absolute atomic E-state index is 0.496. The highest BCUT2D eigenvalue weighted by molar-refractivity contribution is 7.22. The molecule has 0 aliphatic rings. The molecule has 0 unspecified atom stereocenters. The predicted molar refractivity (Wildman–Crippen MR) is 71.6 cm³/mol. The van der Waals surface area contributed by atoms with Gasteiger partial charge < -0.3 is 11.1 Å². The Bertz CT molecular complexity index is 629. The standard InChI is InChI=1S/C12H10N4S/c13-11-7-8(5-6-14-11)15-12-16-9-3-1-2-4-10(9)17-12/h1-7H,(H3,13,14,15,16). The molecule has 3 rings (SSSR count). The molecule has 0 saturated heterocycles. The zero-order valence-electron chi connectivity index (χ0n) is 8.92. The first-order valence-corrected chi connectivity index (χ1v) is 5.97. The second-order valence-electron chi connectivity index (χ2n) is 3.58. The molecule has 2 aromatic heterocycles. The molecule has 2 heterocycles. The molecule has 3 aromatic rings. The van der Waals surface area contributed by atoms with Crippen LogP contribution in [0.25, 0.3) is 10.2 Å². The van der Waals surface area contributed by atoms with Crippen LogP contribution >= 0.6 is 11.3 Å². The summed E-state index contributed by atoms with van der Waals surface area (Å²) in [5, 5.41) is 4.08. The van der Waals surface area contributed by atoms with Gasteiger partial charge in [-0.3, -0.25) is 0 Å². The predicted octanol–water partition coefficient (Wildman–Crippen LogP) is 3.02. The summed E-state index contributed by atoms with van der Waals surface area (Å²) in [7, 11) is 0. The van der Waals surface area contributed by atoms with Crippen LogP contribution in [0, 0.1) is 0 Å². The van der Waals surface area contributed by atoms with Crippen molar-refractivity contribution >= 4 is 38.2 Å². The molecule has 0 fully saturated rings. The van der Waals surface area contributed by atoms with E-state index in [1.807, 2.05) is 24.3 Å². The molecule has 1 aromatic carbocycles. The number of pyridine rings is 1. The van der Waals surface area contributed by atoms with Gasteiger partial charge in [-0.1, -0.05) is 23.5 Å². The number of nitrogens with two attached hydrogens (primary N) is 1. The number of hydrogen-bond acceptors (Lipinski definition) is 5. The van der Waals surface area contributed by atoms with E-state index < -0.39 is 0 Å². The maximum absolute atomic E-state index is 5.62. The highest BCUT2D eigenvalue weighted by atomic mass is 32.1. The van der Waals surface area contributed by atoms with Crippen molar-refractivity contribution in [2.75, 3.05) is 11.1 Å². The molecule has 0 aliphatic carbocycles. The van der Waals surface area contributed by atoms with Crippen molar-refractivity contribution in [1.29, 1.82) is 0 Å². The lowest BCUT2D eigenvalue weighted by atomic mass is 10.3. The third kappa shape index (κ3) is 2.05. The van der Waals surface area contributed by atoms with Crippen LogP contribution in [0.15, 0.2) is 42.6 Å². The minimum Gasteiger partial charge on any atom is -0.384 e. The largest absolute Gasteiger partial charge is 0.384 e. The van der Waals surface area contributed by atoms with E-state index in [4.69, 9.17) is 5.73 Å². The van der Waals surface area contributed by atoms with Gasteiger partial charge in [-0.2, -0.15) is 0 Å². The molecule has 0 bridgehead atoms. The van der Waals surface area contributed by atoms with E-state index in [0.717, 1.165) is 21.0 Å². The Morgan fingerprint density at radius 1 is 1.18 bits per heavy atom. The summed E-state index contributed by atoms with van der Waals surface area (Å²) in [4.78, 5) is 8.43.